The second-order valence-corrected chi connectivity index (χ2v) is 2.22. The minimum absolute atomic E-state index is 0.0856. The highest BCUT2D eigenvalue weighted by atomic mass is 79.9. The molecule has 0 aromatic carbocycles. The van der Waals surface area contributed by atoms with Crippen LogP contribution in [0.2, 0.25) is 0 Å². The highest BCUT2D eigenvalue weighted by Crippen LogP contribution is 2.13. The van der Waals surface area contributed by atoms with Gasteiger partial charge in [0.1, 0.15) is 0 Å². The number of ether oxygens (including phenoxy) is 1. The van der Waals surface area contributed by atoms with Gasteiger partial charge in [0.15, 0.2) is 11.0 Å². The number of halogens is 1. The molecule has 0 amide bonds. The molecule has 54 valence electrons. The lowest BCUT2D eigenvalue weighted by molar-refractivity contribution is 0.0563. The van der Waals surface area contributed by atoms with Crippen LogP contribution in [0, 0.1) is 0 Å². The summed E-state index contributed by atoms with van der Waals surface area (Å²) < 4.78 is 9.42. The van der Waals surface area contributed by atoms with Crippen LogP contribution in [-0.4, -0.2) is 18.1 Å². The van der Waals surface area contributed by atoms with Crippen molar-refractivity contribution in [3.63, 3.8) is 0 Å². The molecule has 0 radical (unpaired) electrons. The van der Waals surface area contributed by atoms with E-state index in [4.69, 9.17) is 0 Å². The van der Waals surface area contributed by atoms with Crippen molar-refractivity contribution in [3.8, 4) is 0 Å². The third-order valence-electron chi connectivity index (χ3n) is 0.895. The third-order valence-corrected chi connectivity index (χ3v) is 1.46. The van der Waals surface area contributed by atoms with Crippen LogP contribution < -0.4 is 0 Å². The van der Waals surface area contributed by atoms with Gasteiger partial charge in [0, 0.05) is 0 Å². The minimum Gasteiger partial charge on any atom is -0.463 e. The lowest BCUT2D eigenvalue weighted by Gasteiger charge is -1.91. The Kier molecular flexibility index (Phi) is 2.06. The molecule has 0 aliphatic rings. The molecule has 1 heterocycles. The molecule has 0 bridgehead atoms. The quantitative estimate of drug-likeness (QED) is 0.648. The third kappa shape index (κ3) is 1.18. The zero-order valence-electron chi connectivity index (χ0n) is 5.13. The molecule has 0 unspecified atom stereocenters. The van der Waals surface area contributed by atoms with Gasteiger partial charge >= 0.3 is 5.97 Å². The number of hydrogen-bond acceptors (Lipinski definition) is 4. The van der Waals surface area contributed by atoms with Gasteiger partial charge < -0.3 is 9.15 Å². The van der Waals surface area contributed by atoms with E-state index >= 15 is 0 Å². The monoisotopic (exact) mass is 205 g/mol. The van der Waals surface area contributed by atoms with Crippen molar-refractivity contribution in [1.29, 1.82) is 0 Å². The van der Waals surface area contributed by atoms with Crippen molar-refractivity contribution < 1.29 is 13.9 Å². The van der Waals surface area contributed by atoms with Gasteiger partial charge in [0.25, 0.3) is 0 Å². The Balaban J connectivity index is 2.93. The molecule has 0 fully saturated rings. The van der Waals surface area contributed by atoms with Gasteiger partial charge in [-0.05, 0) is 15.9 Å². The van der Waals surface area contributed by atoms with E-state index in [1.807, 2.05) is 0 Å². The molecule has 0 aliphatic heterocycles. The van der Waals surface area contributed by atoms with Crippen molar-refractivity contribution in [2.75, 3.05) is 7.11 Å². The molecule has 10 heavy (non-hydrogen) atoms. The molecular weight excluding hydrogens is 202 g/mol. The SMILES string of the molecule is COC(=O)c1ocnc1Br. The normalized spacial score (nSPS) is 9.40. The Hall–Kier alpha value is -0.840. The first-order chi connectivity index (χ1) is 4.75. The van der Waals surface area contributed by atoms with E-state index in [9.17, 15) is 4.79 Å². The predicted molar refractivity (Wildman–Crippen MR) is 35.5 cm³/mol. The molecule has 1 aromatic rings. The predicted octanol–water partition coefficient (Wildman–Crippen LogP) is 1.22. The lowest BCUT2D eigenvalue weighted by atomic mass is 10.5. The highest BCUT2D eigenvalue weighted by molar-refractivity contribution is 9.10. The van der Waals surface area contributed by atoms with Crippen molar-refractivity contribution in [1.82, 2.24) is 4.98 Å². The standard InChI is InChI=1S/C5H4BrNO3/c1-9-5(8)3-4(6)7-2-10-3/h2H,1H3. The Bertz CT molecular complexity index is 245. The summed E-state index contributed by atoms with van der Waals surface area (Å²) in [5, 5.41) is 0. The molecule has 0 spiro atoms. The van der Waals surface area contributed by atoms with Gasteiger partial charge in [-0.25, -0.2) is 9.78 Å². The maximum absolute atomic E-state index is 10.7. The number of rotatable bonds is 1. The molecule has 0 atom stereocenters. The van der Waals surface area contributed by atoms with E-state index in [1.165, 1.54) is 7.11 Å². The number of hydrogen-bond donors (Lipinski definition) is 0. The van der Waals surface area contributed by atoms with Crippen molar-refractivity contribution >= 4 is 21.9 Å². The summed E-state index contributed by atoms with van der Waals surface area (Å²) in [6.07, 6.45) is 1.16. The molecule has 4 nitrogen and oxygen atoms in total. The minimum atomic E-state index is -0.538. The topological polar surface area (TPSA) is 52.3 Å². The summed E-state index contributed by atoms with van der Waals surface area (Å²) in [6.45, 7) is 0. The van der Waals surface area contributed by atoms with E-state index in [-0.39, 0.29) is 5.76 Å². The largest absolute Gasteiger partial charge is 0.463 e. The Morgan fingerprint density at radius 1 is 1.90 bits per heavy atom. The van der Waals surface area contributed by atoms with Crippen LogP contribution in [0.3, 0.4) is 0 Å². The number of carbonyl (C=O) groups excluding carboxylic acids is 1. The average molecular weight is 206 g/mol. The van der Waals surface area contributed by atoms with Crippen LogP contribution in [0.5, 0.6) is 0 Å². The molecule has 1 aromatic heterocycles. The van der Waals surface area contributed by atoms with Gasteiger partial charge in [-0.2, -0.15) is 0 Å². The van der Waals surface area contributed by atoms with E-state index in [2.05, 4.69) is 30.1 Å². The van der Waals surface area contributed by atoms with E-state index < -0.39 is 5.97 Å². The van der Waals surface area contributed by atoms with Crippen LogP contribution in [0.4, 0.5) is 0 Å². The zero-order valence-corrected chi connectivity index (χ0v) is 6.71. The van der Waals surface area contributed by atoms with E-state index in [1.54, 1.807) is 0 Å². The average Bonchev–Trinajstić information content (AvgIpc) is 2.34. The lowest BCUT2D eigenvalue weighted by Crippen LogP contribution is -1.99. The molecule has 0 aliphatic carbocycles. The van der Waals surface area contributed by atoms with E-state index in [0.717, 1.165) is 6.39 Å². The molecule has 5 heteroatoms. The van der Waals surface area contributed by atoms with Gasteiger partial charge in [-0.3, -0.25) is 0 Å². The molecule has 0 saturated carbocycles. The Labute approximate surface area is 65.3 Å². The number of methoxy groups -OCH3 is 1. The van der Waals surface area contributed by atoms with Gasteiger partial charge in [0.2, 0.25) is 5.76 Å². The summed E-state index contributed by atoms with van der Waals surface area (Å²) in [7, 11) is 1.28. The van der Waals surface area contributed by atoms with Crippen molar-refractivity contribution in [3.05, 3.63) is 16.8 Å². The van der Waals surface area contributed by atoms with Crippen LogP contribution in [0.15, 0.2) is 15.4 Å². The second-order valence-electron chi connectivity index (χ2n) is 1.46. The van der Waals surface area contributed by atoms with Crippen LogP contribution in [0.1, 0.15) is 10.6 Å². The summed E-state index contributed by atoms with van der Waals surface area (Å²) in [4.78, 5) is 14.3. The first kappa shape index (κ1) is 7.27. The number of esters is 1. The number of carbonyl (C=O) groups is 1. The van der Waals surface area contributed by atoms with E-state index in [0.29, 0.717) is 4.60 Å². The first-order valence-corrected chi connectivity index (χ1v) is 3.22. The Morgan fingerprint density at radius 2 is 2.60 bits per heavy atom. The maximum Gasteiger partial charge on any atom is 0.376 e. The van der Waals surface area contributed by atoms with Crippen LogP contribution >= 0.6 is 15.9 Å². The van der Waals surface area contributed by atoms with Gasteiger partial charge in [-0.15, -0.1) is 0 Å². The highest BCUT2D eigenvalue weighted by Gasteiger charge is 2.14. The summed E-state index contributed by atoms with van der Waals surface area (Å²) in [6, 6.07) is 0. The number of nitrogens with zero attached hydrogens (tertiary/aromatic N) is 1. The fraction of sp³-hybridized carbons (Fsp3) is 0.200. The smallest absolute Gasteiger partial charge is 0.376 e. The molecule has 0 saturated heterocycles. The summed E-state index contributed by atoms with van der Waals surface area (Å²) >= 11 is 3.00. The number of aromatic nitrogens is 1. The van der Waals surface area contributed by atoms with Crippen molar-refractivity contribution in [2.45, 2.75) is 0 Å². The summed E-state index contributed by atoms with van der Waals surface area (Å²) in [5.41, 5.74) is 0. The fourth-order valence-electron chi connectivity index (χ4n) is 0.458. The van der Waals surface area contributed by atoms with Crippen molar-refractivity contribution in [2.24, 2.45) is 0 Å². The van der Waals surface area contributed by atoms with Gasteiger partial charge in [0.05, 0.1) is 7.11 Å². The molecular formula is C5H4BrNO3. The fourth-order valence-corrected chi connectivity index (χ4v) is 0.797. The van der Waals surface area contributed by atoms with Crippen LogP contribution in [-0.2, 0) is 4.74 Å². The second kappa shape index (κ2) is 2.83. The first-order valence-electron chi connectivity index (χ1n) is 2.43. The molecule has 1 rings (SSSR count). The Morgan fingerprint density at radius 3 is 3.00 bits per heavy atom. The summed E-state index contributed by atoms with van der Waals surface area (Å²) in [5.74, 6) is -0.452. The zero-order chi connectivity index (χ0) is 7.56. The molecule has 0 N–H and O–H groups in total. The van der Waals surface area contributed by atoms with Gasteiger partial charge in [-0.1, -0.05) is 0 Å². The number of oxazole rings is 1. The van der Waals surface area contributed by atoms with Crippen LogP contribution in [0.25, 0.3) is 0 Å². The maximum atomic E-state index is 10.7.